The summed E-state index contributed by atoms with van der Waals surface area (Å²) in [6.45, 7) is 3.57. The Hall–Kier alpha value is -2.29. The van der Waals surface area contributed by atoms with Gasteiger partial charge in [0, 0.05) is 24.6 Å². The first kappa shape index (κ1) is 20.4. The summed E-state index contributed by atoms with van der Waals surface area (Å²) < 4.78 is 11.8. The van der Waals surface area contributed by atoms with Gasteiger partial charge in [-0.25, -0.2) is 4.79 Å². The number of ether oxygens (including phenoxy) is 2. The summed E-state index contributed by atoms with van der Waals surface area (Å²) in [4.78, 5) is 38.1. The normalized spacial score (nSPS) is 21.9. The lowest BCUT2D eigenvalue weighted by Gasteiger charge is -2.34. The smallest absolute Gasteiger partial charge is 0.322 e. The van der Waals surface area contributed by atoms with Crippen LogP contribution in [-0.2, 0) is 4.79 Å². The molecule has 2 aliphatic heterocycles. The highest BCUT2D eigenvalue weighted by Crippen LogP contribution is 2.37. The van der Waals surface area contributed by atoms with E-state index in [1.54, 1.807) is 17.0 Å². The van der Waals surface area contributed by atoms with Crippen molar-refractivity contribution in [3.63, 3.8) is 0 Å². The van der Waals surface area contributed by atoms with E-state index in [0.29, 0.717) is 41.2 Å². The first-order valence-corrected chi connectivity index (χ1v) is 10.1. The number of hydrogen-bond acceptors (Lipinski definition) is 5. The summed E-state index contributed by atoms with van der Waals surface area (Å²) in [5, 5.41) is 4.90. The number of likely N-dealkylation sites (tertiary alicyclic amines) is 1. The summed E-state index contributed by atoms with van der Waals surface area (Å²) in [6, 6.07) is 2.33. The maximum Gasteiger partial charge on any atom is 0.322 e. The van der Waals surface area contributed by atoms with Gasteiger partial charge in [0.15, 0.2) is 11.5 Å². The minimum absolute atomic E-state index is 0.110. The van der Waals surface area contributed by atoms with Crippen molar-refractivity contribution in [3.05, 3.63) is 22.2 Å². The lowest BCUT2D eigenvalue weighted by molar-refractivity contribution is -0.121. The van der Waals surface area contributed by atoms with Crippen LogP contribution in [0.4, 0.5) is 4.79 Å². The van der Waals surface area contributed by atoms with E-state index in [-0.39, 0.29) is 17.7 Å². The Balaban J connectivity index is 1.76. The maximum atomic E-state index is 13.1. The number of urea groups is 1. The quantitative estimate of drug-likeness (QED) is 0.644. The highest BCUT2D eigenvalue weighted by atomic mass is 79.9. The molecule has 1 aromatic rings. The van der Waals surface area contributed by atoms with Crippen LogP contribution in [0.5, 0.6) is 11.5 Å². The average Bonchev–Trinajstić information content (AvgIpc) is 3.04. The first-order valence-electron chi connectivity index (χ1n) is 9.35. The average molecular weight is 454 g/mol. The van der Waals surface area contributed by atoms with E-state index < -0.39 is 12.1 Å². The molecule has 2 aliphatic rings. The van der Waals surface area contributed by atoms with Crippen LogP contribution in [-0.4, -0.2) is 55.6 Å². The van der Waals surface area contributed by atoms with E-state index in [2.05, 4.69) is 26.6 Å². The third-order valence-corrected chi connectivity index (χ3v) is 5.54. The number of amides is 4. The topological polar surface area (TPSA) is 97.0 Å². The molecular formula is C19H24BrN3O5. The second-order valence-corrected chi connectivity index (χ2v) is 7.79. The van der Waals surface area contributed by atoms with E-state index in [4.69, 9.17) is 9.47 Å². The summed E-state index contributed by atoms with van der Waals surface area (Å²) >= 11 is 3.47. The number of halogens is 1. The van der Waals surface area contributed by atoms with E-state index >= 15 is 0 Å². The number of carbonyl (C=O) groups is 3. The number of nitrogens with one attached hydrogen (secondary N) is 2. The fraction of sp³-hybridized carbons (Fsp3) is 0.526. The van der Waals surface area contributed by atoms with Crippen LogP contribution in [0.1, 0.15) is 36.5 Å². The van der Waals surface area contributed by atoms with Crippen LogP contribution in [0.15, 0.2) is 16.6 Å². The number of rotatable bonds is 6. The highest BCUT2D eigenvalue weighted by Gasteiger charge is 2.39. The molecule has 4 amide bonds. The molecule has 2 N–H and O–H groups in total. The summed E-state index contributed by atoms with van der Waals surface area (Å²) in [6.07, 6.45) is 2.40. The van der Waals surface area contributed by atoms with Gasteiger partial charge in [-0.2, -0.15) is 0 Å². The standard InChI is InChI=1S/C19H24BrN3O5/c1-3-7-28-16-13(20)8-12(9-14(16)27-2)18(25)23-6-4-5-11(10-23)15-17(24)22-19(26)21-15/h8-9,11,15H,3-7,10H2,1-2H3,(H2,21,22,24,26). The number of benzene rings is 1. The molecule has 2 fully saturated rings. The monoisotopic (exact) mass is 453 g/mol. The van der Waals surface area contributed by atoms with Crippen LogP contribution in [0.2, 0.25) is 0 Å². The van der Waals surface area contributed by atoms with Crippen molar-refractivity contribution in [3.8, 4) is 11.5 Å². The fourth-order valence-electron chi connectivity index (χ4n) is 3.60. The van der Waals surface area contributed by atoms with Gasteiger partial charge >= 0.3 is 6.03 Å². The lowest BCUT2D eigenvalue weighted by Crippen LogP contribution is -2.48. The fourth-order valence-corrected chi connectivity index (χ4v) is 4.16. The molecule has 152 valence electrons. The van der Waals surface area contributed by atoms with Crippen molar-refractivity contribution in [2.75, 3.05) is 26.8 Å². The van der Waals surface area contributed by atoms with Crippen LogP contribution in [0, 0.1) is 5.92 Å². The largest absolute Gasteiger partial charge is 0.493 e. The molecule has 2 heterocycles. The summed E-state index contributed by atoms with van der Waals surface area (Å²) in [5.74, 6) is 0.480. The number of hydrogen-bond donors (Lipinski definition) is 2. The van der Waals surface area contributed by atoms with Gasteiger partial charge < -0.3 is 19.7 Å². The van der Waals surface area contributed by atoms with Gasteiger partial charge in [0.2, 0.25) is 0 Å². The molecule has 0 aromatic heterocycles. The molecule has 0 bridgehead atoms. The SMILES string of the molecule is CCCOc1c(Br)cc(C(=O)N2CCCC(C3NC(=O)NC3=O)C2)cc1OC. The van der Waals surface area contributed by atoms with Crippen LogP contribution < -0.4 is 20.1 Å². The molecule has 28 heavy (non-hydrogen) atoms. The van der Waals surface area contributed by atoms with Crippen molar-refractivity contribution < 1.29 is 23.9 Å². The third kappa shape index (κ3) is 4.24. The summed E-state index contributed by atoms with van der Waals surface area (Å²) in [7, 11) is 1.53. The van der Waals surface area contributed by atoms with Gasteiger partial charge in [-0.3, -0.25) is 14.9 Å². The minimum Gasteiger partial charge on any atom is -0.493 e. The lowest BCUT2D eigenvalue weighted by atomic mass is 9.90. The van der Waals surface area contributed by atoms with Crippen LogP contribution in [0.25, 0.3) is 0 Å². The predicted molar refractivity (Wildman–Crippen MR) is 106 cm³/mol. The maximum absolute atomic E-state index is 13.1. The third-order valence-electron chi connectivity index (χ3n) is 4.95. The molecule has 0 aliphatic carbocycles. The van der Waals surface area contributed by atoms with E-state index in [0.717, 1.165) is 19.3 Å². The van der Waals surface area contributed by atoms with Gasteiger partial charge in [0.25, 0.3) is 11.8 Å². The van der Waals surface area contributed by atoms with Crippen molar-refractivity contribution in [2.24, 2.45) is 5.92 Å². The Morgan fingerprint density at radius 2 is 2.14 bits per heavy atom. The van der Waals surface area contributed by atoms with Gasteiger partial charge in [-0.1, -0.05) is 6.92 Å². The number of imide groups is 1. The molecule has 2 unspecified atom stereocenters. The number of methoxy groups -OCH3 is 1. The molecule has 2 saturated heterocycles. The van der Waals surface area contributed by atoms with Crippen molar-refractivity contribution >= 4 is 33.8 Å². The van der Waals surface area contributed by atoms with Crippen LogP contribution >= 0.6 is 15.9 Å². The second-order valence-electron chi connectivity index (χ2n) is 6.93. The zero-order chi connectivity index (χ0) is 20.3. The highest BCUT2D eigenvalue weighted by molar-refractivity contribution is 9.10. The van der Waals surface area contributed by atoms with Gasteiger partial charge in [0.05, 0.1) is 18.2 Å². The zero-order valence-electron chi connectivity index (χ0n) is 15.9. The Morgan fingerprint density at radius 1 is 1.36 bits per heavy atom. The number of nitrogens with zero attached hydrogens (tertiary/aromatic N) is 1. The molecular weight excluding hydrogens is 430 g/mol. The summed E-state index contributed by atoms with van der Waals surface area (Å²) in [5.41, 5.74) is 0.480. The Labute approximate surface area is 172 Å². The minimum atomic E-state index is -0.589. The van der Waals surface area contributed by atoms with Crippen molar-refractivity contribution in [2.45, 2.75) is 32.2 Å². The van der Waals surface area contributed by atoms with Gasteiger partial charge in [-0.15, -0.1) is 0 Å². The van der Waals surface area contributed by atoms with Crippen molar-refractivity contribution in [1.82, 2.24) is 15.5 Å². The molecule has 0 spiro atoms. The van der Waals surface area contributed by atoms with Gasteiger partial charge in [-0.05, 0) is 47.3 Å². The predicted octanol–water partition coefficient (Wildman–Crippen LogP) is 2.31. The van der Waals surface area contributed by atoms with Crippen molar-refractivity contribution in [1.29, 1.82) is 0 Å². The molecule has 0 radical (unpaired) electrons. The first-order chi connectivity index (χ1) is 13.4. The Morgan fingerprint density at radius 3 is 2.79 bits per heavy atom. The molecule has 8 nitrogen and oxygen atoms in total. The molecule has 2 atom stereocenters. The Kier molecular flexibility index (Phi) is 6.43. The second kappa shape index (κ2) is 8.81. The molecule has 1 aromatic carbocycles. The molecule has 9 heteroatoms. The molecule has 0 saturated carbocycles. The number of carbonyl (C=O) groups excluding carboxylic acids is 3. The Bertz CT molecular complexity index is 785. The van der Waals surface area contributed by atoms with E-state index in [1.807, 2.05) is 6.92 Å². The molecule has 3 rings (SSSR count). The van der Waals surface area contributed by atoms with Gasteiger partial charge in [0.1, 0.15) is 6.04 Å². The zero-order valence-corrected chi connectivity index (χ0v) is 17.5. The van der Waals surface area contributed by atoms with Crippen LogP contribution in [0.3, 0.4) is 0 Å². The van der Waals surface area contributed by atoms with E-state index in [9.17, 15) is 14.4 Å². The van der Waals surface area contributed by atoms with E-state index in [1.165, 1.54) is 7.11 Å². The number of piperidine rings is 1.